The van der Waals surface area contributed by atoms with Gasteiger partial charge in [0.1, 0.15) is 5.82 Å². The summed E-state index contributed by atoms with van der Waals surface area (Å²) in [6, 6.07) is 2.88. The van der Waals surface area contributed by atoms with Crippen molar-refractivity contribution < 1.29 is 4.39 Å². The van der Waals surface area contributed by atoms with Crippen molar-refractivity contribution in [2.75, 3.05) is 7.05 Å². The number of likely N-dealkylation sites (N-methyl/N-ethyl adjacent to an activating group) is 1. The number of hydrogen-bond donors (Lipinski definition) is 1. The Hall–Kier alpha value is -1.75. The number of hydrogen-bond acceptors (Lipinski definition) is 3. The van der Waals surface area contributed by atoms with Gasteiger partial charge >= 0.3 is 0 Å². The molecule has 5 heteroatoms. The van der Waals surface area contributed by atoms with Crippen LogP contribution in [-0.2, 0) is 13.5 Å². The van der Waals surface area contributed by atoms with Crippen molar-refractivity contribution in [1.29, 1.82) is 0 Å². The maximum Gasteiger partial charge on any atom is 0.146 e. The summed E-state index contributed by atoms with van der Waals surface area (Å²) in [5.74, 6) is -0.282. The molecule has 1 atom stereocenters. The average Bonchev–Trinajstić information content (AvgIpc) is 2.73. The summed E-state index contributed by atoms with van der Waals surface area (Å²) in [6.07, 6.45) is 5.97. The van der Waals surface area contributed by atoms with Crippen LogP contribution >= 0.6 is 0 Å². The van der Waals surface area contributed by atoms with Crippen LogP contribution in [0, 0.1) is 5.82 Å². The standard InChI is InChI=1S/C12H15FN4/c1-14-11(6-9-7-16-17(2)8-9)12-10(13)4-3-5-15-12/h3-5,7-8,11,14H,6H2,1-2H3. The Labute approximate surface area is 99.5 Å². The molecule has 17 heavy (non-hydrogen) atoms. The molecule has 0 fully saturated rings. The second kappa shape index (κ2) is 5.05. The molecule has 2 heterocycles. The van der Waals surface area contributed by atoms with Crippen LogP contribution in [0.3, 0.4) is 0 Å². The molecule has 0 bridgehead atoms. The fourth-order valence-electron chi connectivity index (χ4n) is 1.80. The molecule has 0 spiro atoms. The van der Waals surface area contributed by atoms with Crippen molar-refractivity contribution in [2.45, 2.75) is 12.5 Å². The van der Waals surface area contributed by atoms with Crippen LogP contribution in [0.5, 0.6) is 0 Å². The predicted molar refractivity (Wildman–Crippen MR) is 62.9 cm³/mol. The zero-order chi connectivity index (χ0) is 12.3. The fourth-order valence-corrected chi connectivity index (χ4v) is 1.80. The SMILES string of the molecule is CNC(Cc1cnn(C)c1)c1ncccc1F. The van der Waals surface area contributed by atoms with E-state index in [1.807, 2.05) is 13.2 Å². The van der Waals surface area contributed by atoms with E-state index < -0.39 is 0 Å². The summed E-state index contributed by atoms with van der Waals surface area (Å²) in [4.78, 5) is 4.09. The minimum Gasteiger partial charge on any atom is -0.311 e. The van der Waals surface area contributed by atoms with E-state index in [-0.39, 0.29) is 11.9 Å². The molecule has 2 aromatic rings. The molecule has 4 nitrogen and oxygen atoms in total. The monoisotopic (exact) mass is 234 g/mol. The highest BCUT2D eigenvalue weighted by atomic mass is 19.1. The first kappa shape index (κ1) is 11.7. The Morgan fingerprint density at radius 2 is 2.35 bits per heavy atom. The lowest BCUT2D eigenvalue weighted by Crippen LogP contribution is -2.21. The number of rotatable bonds is 4. The average molecular weight is 234 g/mol. The van der Waals surface area contributed by atoms with Crippen molar-refractivity contribution in [1.82, 2.24) is 20.1 Å². The Morgan fingerprint density at radius 3 is 2.94 bits per heavy atom. The molecule has 0 aliphatic carbocycles. The van der Waals surface area contributed by atoms with Crippen molar-refractivity contribution in [3.05, 3.63) is 47.8 Å². The number of aryl methyl sites for hydroxylation is 1. The van der Waals surface area contributed by atoms with E-state index >= 15 is 0 Å². The van der Waals surface area contributed by atoms with Crippen molar-refractivity contribution in [3.63, 3.8) is 0 Å². The van der Waals surface area contributed by atoms with Crippen LogP contribution in [0.25, 0.3) is 0 Å². The number of pyridine rings is 1. The summed E-state index contributed by atoms with van der Waals surface area (Å²) in [7, 11) is 3.66. The lowest BCUT2D eigenvalue weighted by atomic mass is 10.1. The van der Waals surface area contributed by atoms with Gasteiger partial charge in [0.05, 0.1) is 17.9 Å². The molecule has 0 saturated carbocycles. The van der Waals surface area contributed by atoms with Crippen LogP contribution in [0.1, 0.15) is 17.3 Å². The summed E-state index contributed by atoms with van der Waals surface area (Å²) < 4.78 is 15.3. The molecule has 2 rings (SSSR count). The van der Waals surface area contributed by atoms with Crippen LogP contribution in [0.2, 0.25) is 0 Å². The lowest BCUT2D eigenvalue weighted by molar-refractivity contribution is 0.516. The van der Waals surface area contributed by atoms with E-state index in [0.29, 0.717) is 12.1 Å². The van der Waals surface area contributed by atoms with Crippen molar-refractivity contribution >= 4 is 0 Å². The van der Waals surface area contributed by atoms with Gasteiger partial charge in [-0.25, -0.2) is 4.39 Å². The Kier molecular flexibility index (Phi) is 3.49. The number of nitrogens with zero attached hydrogens (tertiary/aromatic N) is 3. The molecule has 1 N–H and O–H groups in total. The van der Waals surface area contributed by atoms with Gasteiger partial charge in [-0.1, -0.05) is 0 Å². The highest BCUT2D eigenvalue weighted by molar-refractivity contribution is 5.16. The molecule has 1 unspecified atom stereocenters. The van der Waals surface area contributed by atoms with E-state index in [2.05, 4.69) is 15.4 Å². The molecule has 0 aliphatic heterocycles. The van der Waals surface area contributed by atoms with Crippen LogP contribution in [0.4, 0.5) is 4.39 Å². The Morgan fingerprint density at radius 1 is 1.53 bits per heavy atom. The van der Waals surface area contributed by atoms with Gasteiger partial charge in [0.2, 0.25) is 0 Å². The second-order valence-corrected chi connectivity index (χ2v) is 3.94. The largest absolute Gasteiger partial charge is 0.311 e. The Bertz CT molecular complexity index is 495. The summed E-state index contributed by atoms with van der Waals surface area (Å²) in [5.41, 5.74) is 1.50. The zero-order valence-electron chi connectivity index (χ0n) is 9.89. The molecular weight excluding hydrogens is 219 g/mol. The molecule has 0 amide bonds. The first-order valence-electron chi connectivity index (χ1n) is 5.46. The summed E-state index contributed by atoms with van der Waals surface area (Å²) in [5, 5.41) is 7.17. The van der Waals surface area contributed by atoms with Crippen LogP contribution in [0.15, 0.2) is 30.7 Å². The fraction of sp³-hybridized carbons (Fsp3) is 0.333. The van der Waals surface area contributed by atoms with Crippen molar-refractivity contribution in [2.24, 2.45) is 7.05 Å². The summed E-state index contributed by atoms with van der Waals surface area (Å²) >= 11 is 0. The number of nitrogens with one attached hydrogen (secondary N) is 1. The quantitative estimate of drug-likeness (QED) is 0.870. The van der Waals surface area contributed by atoms with Gasteiger partial charge in [0.15, 0.2) is 0 Å². The smallest absolute Gasteiger partial charge is 0.146 e. The van der Waals surface area contributed by atoms with E-state index in [9.17, 15) is 4.39 Å². The minimum atomic E-state index is -0.282. The summed E-state index contributed by atoms with van der Waals surface area (Å²) in [6.45, 7) is 0. The highest BCUT2D eigenvalue weighted by Gasteiger charge is 2.16. The third-order valence-corrected chi connectivity index (χ3v) is 2.66. The second-order valence-electron chi connectivity index (χ2n) is 3.94. The molecule has 2 aromatic heterocycles. The zero-order valence-corrected chi connectivity index (χ0v) is 9.89. The normalized spacial score (nSPS) is 12.6. The lowest BCUT2D eigenvalue weighted by Gasteiger charge is -2.15. The third kappa shape index (κ3) is 2.68. The van der Waals surface area contributed by atoms with Gasteiger partial charge in [-0.05, 0) is 31.2 Å². The van der Waals surface area contributed by atoms with Crippen LogP contribution in [-0.4, -0.2) is 21.8 Å². The first-order chi connectivity index (χ1) is 8.20. The third-order valence-electron chi connectivity index (χ3n) is 2.66. The number of aromatic nitrogens is 3. The van der Waals surface area contributed by atoms with Gasteiger partial charge in [-0.3, -0.25) is 9.67 Å². The predicted octanol–water partition coefficient (Wildman–Crippen LogP) is 1.46. The van der Waals surface area contributed by atoms with E-state index in [0.717, 1.165) is 5.56 Å². The molecule has 0 radical (unpaired) electrons. The Balaban J connectivity index is 2.20. The first-order valence-corrected chi connectivity index (χ1v) is 5.46. The van der Waals surface area contributed by atoms with Crippen LogP contribution < -0.4 is 5.32 Å². The topological polar surface area (TPSA) is 42.7 Å². The minimum absolute atomic E-state index is 0.139. The maximum absolute atomic E-state index is 13.6. The van der Waals surface area contributed by atoms with Gasteiger partial charge in [-0.2, -0.15) is 5.10 Å². The van der Waals surface area contributed by atoms with E-state index in [1.54, 1.807) is 30.2 Å². The number of halogens is 1. The van der Waals surface area contributed by atoms with Gasteiger partial charge in [0, 0.05) is 19.4 Å². The molecule has 0 saturated heterocycles. The molecular formula is C12H15FN4. The van der Waals surface area contributed by atoms with Crippen molar-refractivity contribution in [3.8, 4) is 0 Å². The maximum atomic E-state index is 13.6. The van der Waals surface area contributed by atoms with Gasteiger partial charge in [-0.15, -0.1) is 0 Å². The van der Waals surface area contributed by atoms with E-state index in [4.69, 9.17) is 0 Å². The van der Waals surface area contributed by atoms with Gasteiger partial charge < -0.3 is 5.32 Å². The van der Waals surface area contributed by atoms with Gasteiger partial charge in [0.25, 0.3) is 0 Å². The molecule has 90 valence electrons. The van der Waals surface area contributed by atoms with E-state index in [1.165, 1.54) is 6.07 Å². The molecule has 0 aliphatic rings. The molecule has 0 aromatic carbocycles. The highest BCUT2D eigenvalue weighted by Crippen LogP contribution is 2.18.